The average Bonchev–Trinajstić information content (AvgIpc) is 3.28. The molecule has 1 atom stereocenters. The first kappa shape index (κ1) is 34.6. The Morgan fingerprint density at radius 3 is 2.42 bits per heavy atom. The van der Waals surface area contributed by atoms with Crippen LogP contribution in [0.5, 0.6) is 0 Å². The van der Waals surface area contributed by atoms with E-state index >= 15 is 0 Å². The van der Waals surface area contributed by atoms with Crippen LogP contribution in [0, 0.1) is 40.7 Å². The molecule has 0 spiro atoms. The second kappa shape index (κ2) is 12.7. The molecule has 17 heteroatoms. The molecule has 1 unspecified atom stereocenters. The van der Waals surface area contributed by atoms with Crippen molar-refractivity contribution >= 4 is 44.3 Å². The van der Waals surface area contributed by atoms with Crippen molar-refractivity contribution in [3.63, 3.8) is 0 Å². The number of carbonyl (C=O) groups excluding carboxylic acids is 1. The Labute approximate surface area is 275 Å². The molecule has 0 bridgehead atoms. The van der Waals surface area contributed by atoms with E-state index in [0.29, 0.717) is 6.07 Å². The molecule has 0 aliphatic heterocycles. The van der Waals surface area contributed by atoms with Crippen molar-refractivity contribution in [2.24, 2.45) is 13.0 Å². The van der Waals surface area contributed by atoms with Crippen LogP contribution in [0.2, 0.25) is 5.02 Å². The number of nitrogens with one attached hydrogen (secondary N) is 2. The van der Waals surface area contributed by atoms with Gasteiger partial charge in [0.15, 0.2) is 5.82 Å². The van der Waals surface area contributed by atoms with Crippen molar-refractivity contribution < 1.29 is 40.3 Å². The maximum atomic E-state index is 14.2. The van der Waals surface area contributed by atoms with E-state index in [0.717, 1.165) is 18.4 Å². The first-order valence-electron chi connectivity index (χ1n) is 14.0. The fourth-order valence-corrected chi connectivity index (χ4v) is 6.17. The van der Waals surface area contributed by atoms with Gasteiger partial charge in [0.25, 0.3) is 0 Å². The molecule has 2 aromatic carbocycles. The number of fused-ring (bicyclic) bond motifs is 1. The second-order valence-electron chi connectivity index (χ2n) is 11.3. The van der Waals surface area contributed by atoms with Gasteiger partial charge in [0.1, 0.15) is 22.9 Å². The van der Waals surface area contributed by atoms with Crippen LogP contribution in [0.3, 0.4) is 0 Å². The topological polar surface area (TPSA) is 150 Å². The Balaban J connectivity index is 1.74. The van der Waals surface area contributed by atoms with Gasteiger partial charge < -0.3 is 10.4 Å². The monoisotopic (exact) mass is 706 g/mol. The Morgan fingerprint density at radius 1 is 1.17 bits per heavy atom. The van der Waals surface area contributed by atoms with Crippen LogP contribution in [-0.2, 0) is 28.3 Å². The SMILES string of the molecule is Cn1nc(NS(C)(=O)=O)c2c(Cl)ccc(-c3ccc(C#CC4(O)CC(C#N)C4)nc3C(Cc3cc(F)cc(F)c3)NC(=O)C(F)(F)F)c21. The number of amides is 1. The van der Waals surface area contributed by atoms with Crippen molar-refractivity contribution in [3.8, 4) is 29.0 Å². The quantitative estimate of drug-likeness (QED) is 0.183. The lowest BCUT2D eigenvalue weighted by Gasteiger charge is -2.35. The van der Waals surface area contributed by atoms with E-state index in [9.17, 15) is 40.3 Å². The normalized spacial score (nSPS) is 18.3. The van der Waals surface area contributed by atoms with Gasteiger partial charge in [-0.2, -0.15) is 23.5 Å². The Hall–Kier alpha value is -4.77. The number of pyridine rings is 1. The van der Waals surface area contributed by atoms with Gasteiger partial charge in [0, 0.05) is 37.1 Å². The minimum atomic E-state index is -5.35. The first-order valence-corrected chi connectivity index (χ1v) is 16.2. The number of carbonyl (C=O) groups is 1. The summed E-state index contributed by atoms with van der Waals surface area (Å²) in [5.74, 6) is 0.374. The number of aliphatic hydroxyl groups is 1. The van der Waals surface area contributed by atoms with Gasteiger partial charge >= 0.3 is 12.1 Å². The third-order valence-electron chi connectivity index (χ3n) is 7.46. The summed E-state index contributed by atoms with van der Waals surface area (Å²) in [6, 6.07) is 8.40. The lowest BCUT2D eigenvalue weighted by Crippen LogP contribution is -2.41. The van der Waals surface area contributed by atoms with Gasteiger partial charge in [-0.05, 0) is 48.2 Å². The van der Waals surface area contributed by atoms with E-state index in [1.54, 1.807) is 0 Å². The van der Waals surface area contributed by atoms with E-state index in [4.69, 9.17) is 16.9 Å². The van der Waals surface area contributed by atoms with Crippen LogP contribution in [-0.4, -0.2) is 52.2 Å². The summed E-state index contributed by atoms with van der Waals surface area (Å²) in [5, 5.41) is 26.0. The van der Waals surface area contributed by atoms with Crippen LogP contribution in [0.1, 0.15) is 35.8 Å². The number of halogens is 6. The molecule has 3 N–H and O–H groups in total. The largest absolute Gasteiger partial charge is 0.471 e. The summed E-state index contributed by atoms with van der Waals surface area (Å²) >= 11 is 6.45. The highest BCUT2D eigenvalue weighted by Gasteiger charge is 2.42. The molecule has 1 aliphatic carbocycles. The summed E-state index contributed by atoms with van der Waals surface area (Å²) < 4.78 is 96.8. The van der Waals surface area contributed by atoms with Crippen molar-refractivity contribution in [1.82, 2.24) is 20.1 Å². The van der Waals surface area contributed by atoms with E-state index in [1.807, 2.05) is 11.4 Å². The highest BCUT2D eigenvalue weighted by molar-refractivity contribution is 7.92. The molecule has 2 heterocycles. The Morgan fingerprint density at radius 2 is 1.81 bits per heavy atom. The molecular formula is C31H24ClF5N6O4S. The summed E-state index contributed by atoms with van der Waals surface area (Å²) in [6.07, 6.45) is -4.87. The number of rotatable bonds is 7. The van der Waals surface area contributed by atoms with Crippen LogP contribution >= 0.6 is 11.6 Å². The van der Waals surface area contributed by atoms with Crippen molar-refractivity contribution in [2.45, 2.75) is 37.1 Å². The standard InChI is InChI=1S/C31H24ClF5N6O4S/c1-43-27-22(5-6-23(32)25(27)28(41-43)42-48(2,46)47)21-4-3-20(7-8-30(45)13-17(14-30)15-38)39-26(21)24(40-29(44)31(35,36)37)11-16-9-18(33)12-19(34)10-16/h3-6,9-10,12,17,24,45H,11,13-14H2,1-2H3,(H,40,44)(H,41,42). The molecular weight excluding hydrogens is 683 g/mol. The fraction of sp³-hybridized carbons (Fsp3) is 0.290. The average molecular weight is 707 g/mol. The number of alkyl halides is 3. The van der Waals surface area contributed by atoms with E-state index in [1.165, 1.54) is 36.0 Å². The molecule has 0 radical (unpaired) electrons. The van der Waals surface area contributed by atoms with Gasteiger partial charge in [-0.25, -0.2) is 22.2 Å². The number of benzene rings is 2. The molecule has 1 fully saturated rings. The third-order valence-corrected chi connectivity index (χ3v) is 8.34. The summed E-state index contributed by atoms with van der Waals surface area (Å²) in [4.78, 5) is 16.8. The lowest BCUT2D eigenvalue weighted by atomic mass is 9.72. The number of aromatic nitrogens is 3. The van der Waals surface area contributed by atoms with Crippen molar-refractivity contribution in [2.75, 3.05) is 11.0 Å². The van der Waals surface area contributed by atoms with Crippen LogP contribution < -0.4 is 10.0 Å². The lowest BCUT2D eigenvalue weighted by molar-refractivity contribution is -0.174. The summed E-state index contributed by atoms with van der Waals surface area (Å²) in [7, 11) is -2.37. The van der Waals surface area contributed by atoms with Gasteiger partial charge in [-0.15, -0.1) is 0 Å². The number of aryl methyl sites for hydroxylation is 1. The van der Waals surface area contributed by atoms with Gasteiger partial charge in [0.2, 0.25) is 10.0 Å². The zero-order chi connectivity index (χ0) is 35.2. The predicted molar refractivity (Wildman–Crippen MR) is 165 cm³/mol. The minimum Gasteiger partial charge on any atom is -0.378 e. The fourth-order valence-electron chi connectivity index (χ4n) is 5.43. The third kappa shape index (κ3) is 7.52. The smallest absolute Gasteiger partial charge is 0.378 e. The zero-order valence-electron chi connectivity index (χ0n) is 25.0. The number of anilines is 1. The predicted octanol–water partition coefficient (Wildman–Crippen LogP) is 4.92. The van der Waals surface area contributed by atoms with Crippen molar-refractivity contribution in [3.05, 3.63) is 76.1 Å². The summed E-state index contributed by atoms with van der Waals surface area (Å²) in [6.45, 7) is 0. The molecule has 10 nitrogen and oxygen atoms in total. The summed E-state index contributed by atoms with van der Waals surface area (Å²) in [5.41, 5.74) is -1.32. The molecule has 4 aromatic rings. The van der Waals surface area contributed by atoms with Gasteiger partial charge in [-0.3, -0.25) is 14.2 Å². The maximum absolute atomic E-state index is 14.2. The number of nitrogens with zero attached hydrogens (tertiary/aromatic N) is 4. The van der Waals surface area contributed by atoms with E-state index in [-0.39, 0.29) is 62.7 Å². The maximum Gasteiger partial charge on any atom is 0.471 e. The minimum absolute atomic E-state index is 0.0473. The van der Waals surface area contributed by atoms with Crippen molar-refractivity contribution in [1.29, 1.82) is 5.26 Å². The number of hydrogen-bond donors (Lipinski definition) is 3. The molecule has 5 rings (SSSR count). The molecule has 2 aromatic heterocycles. The highest BCUT2D eigenvalue weighted by atomic mass is 35.5. The second-order valence-corrected chi connectivity index (χ2v) is 13.5. The van der Waals surface area contributed by atoms with E-state index in [2.05, 4.69) is 26.6 Å². The van der Waals surface area contributed by atoms with Gasteiger partial charge in [-0.1, -0.05) is 23.6 Å². The number of hydrogen-bond acceptors (Lipinski definition) is 7. The molecule has 48 heavy (non-hydrogen) atoms. The van der Waals surface area contributed by atoms with Crippen LogP contribution in [0.4, 0.5) is 27.8 Å². The number of nitriles is 1. The van der Waals surface area contributed by atoms with Crippen LogP contribution in [0.15, 0.2) is 42.5 Å². The highest BCUT2D eigenvalue weighted by Crippen LogP contribution is 2.40. The van der Waals surface area contributed by atoms with Crippen LogP contribution in [0.25, 0.3) is 22.0 Å². The Bertz CT molecular complexity index is 2150. The molecule has 1 saturated carbocycles. The number of sulfonamides is 1. The molecule has 250 valence electrons. The van der Waals surface area contributed by atoms with Gasteiger partial charge in [0.05, 0.1) is 45.9 Å². The van der Waals surface area contributed by atoms with E-state index < -0.39 is 57.7 Å². The zero-order valence-corrected chi connectivity index (χ0v) is 26.5. The molecule has 0 saturated heterocycles. The molecule has 1 aliphatic rings. The Kier molecular flexibility index (Phi) is 9.13. The first-order chi connectivity index (χ1) is 22.4. The molecule has 1 amide bonds.